The summed E-state index contributed by atoms with van der Waals surface area (Å²) >= 11 is 0. The summed E-state index contributed by atoms with van der Waals surface area (Å²) < 4.78 is 23.6. The van der Waals surface area contributed by atoms with Crippen LogP contribution in [0.25, 0.3) is 0 Å². The highest BCUT2D eigenvalue weighted by Crippen LogP contribution is 2.06. The fourth-order valence-corrected chi connectivity index (χ4v) is 2.00. The molecule has 0 bridgehead atoms. The second kappa shape index (κ2) is 5.33. The predicted octanol–water partition coefficient (Wildman–Crippen LogP) is -1.16. The minimum atomic E-state index is -4.05. The van der Waals surface area contributed by atoms with Crippen LogP contribution in [0.4, 0.5) is 9.59 Å². The molecule has 0 saturated carbocycles. The van der Waals surface area contributed by atoms with Crippen molar-refractivity contribution in [2.45, 2.75) is 4.90 Å². The molecule has 1 aromatic rings. The van der Waals surface area contributed by atoms with Crippen molar-refractivity contribution >= 4 is 22.1 Å². The Morgan fingerprint density at radius 1 is 1.11 bits per heavy atom. The molecule has 9 nitrogen and oxygen atoms in total. The van der Waals surface area contributed by atoms with Crippen LogP contribution >= 0.6 is 0 Å². The fourth-order valence-electron chi connectivity index (χ4n) is 1.01. The summed E-state index contributed by atoms with van der Waals surface area (Å²) in [6.45, 7) is 0. The predicted molar refractivity (Wildman–Crippen MR) is 60.9 cm³/mol. The lowest BCUT2D eigenvalue weighted by Crippen LogP contribution is -2.58. The van der Waals surface area contributed by atoms with Gasteiger partial charge in [-0.15, -0.1) is 5.12 Å². The summed E-state index contributed by atoms with van der Waals surface area (Å²) in [5, 5.41) is 0.171. The van der Waals surface area contributed by atoms with Gasteiger partial charge in [0.2, 0.25) is 0 Å². The van der Waals surface area contributed by atoms with Crippen LogP contribution in [-0.4, -0.2) is 25.6 Å². The first-order valence-electron chi connectivity index (χ1n) is 4.56. The van der Waals surface area contributed by atoms with E-state index in [1.165, 1.54) is 24.3 Å². The van der Waals surface area contributed by atoms with Gasteiger partial charge in [-0.3, -0.25) is 0 Å². The van der Waals surface area contributed by atoms with Crippen molar-refractivity contribution in [2.24, 2.45) is 11.5 Å². The van der Waals surface area contributed by atoms with Gasteiger partial charge < -0.3 is 11.5 Å². The van der Waals surface area contributed by atoms with E-state index in [0.29, 0.717) is 0 Å². The molecule has 0 radical (unpaired) electrons. The van der Waals surface area contributed by atoms with Crippen molar-refractivity contribution in [3.8, 4) is 0 Å². The smallest absolute Gasteiger partial charge is 0.349 e. The topological polar surface area (TPSA) is 148 Å². The molecule has 0 aromatic heterocycles. The van der Waals surface area contributed by atoms with Gasteiger partial charge in [0.05, 0.1) is 4.90 Å². The summed E-state index contributed by atoms with van der Waals surface area (Å²) in [6.07, 6.45) is 0. The number of urea groups is 2. The molecule has 0 saturated heterocycles. The zero-order valence-electron chi connectivity index (χ0n) is 9.03. The SMILES string of the molecule is NC(=O)NN(NS(=O)(=O)c1ccccc1)C(N)=O. The normalized spacial score (nSPS) is 10.7. The van der Waals surface area contributed by atoms with Crippen molar-refractivity contribution in [1.82, 2.24) is 15.4 Å². The lowest BCUT2D eigenvalue weighted by molar-refractivity contribution is 0.166. The standard InChI is InChI=1S/C8H11N5O4S/c9-7(14)11-13(8(10)15)12-18(16,17)6-4-2-1-3-5-6/h1-5,12H,(H2,10,15)(H3,9,11,14). The molecule has 0 unspecified atom stereocenters. The second-order valence-corrected chi connectivity index (χ2v) is 4.72. The maximum Gasteiger partial charge on any atom is 0.349 e. The molecule has 0 fully saturated rings. The average Bonchev–Trinajstić information content (AvgIpc) is 2.28. The minimum Gasteiger partial charge on any atom is -0.350 e. The van der Waals surface area contributed by atoms with Crippen LogP contribution in [0.1, 0.15) is 0 Å². The monoisotopic (exact) mass is 273 g/mol. The molecule has 98 valence electrons. The number of primary amides is 2. The lowest BCUT2D eigenvalue weighted by atomic mass is 10.4. The van der Waals surface area contributed by atoms with E-state index in [9.17, 15) is 18.0 Å². The summed E-state index contributed by atoms with van der Waals surface area (Å²) in [5.74, 6) is 0. The number of amides is 4. The maximum atomic E-state index is 11.8. The van der Waals surface area contributed by atoms with Crippen LogP contribution in [0.2, 0.25) is 0 Å². The Morgan fingerprint density at radius 3 is 2.11 bits per heavy atom. The first kappa shape index (κ1) is 13.7. The van der Waals surface area contributed by atoms with Gasteiger partial charge in [0.25, 0.3) is 10.0 Å². The van der Waals surface area contributed by atoms with Crippen LogP contribution in [0.3, 0.4) is 0 Å². The summed E-state index contributed by atoms with van der Waals surface area (Å²) in [7, 11) is -4.05. The van der Waals surface area contributed by atoms with E-state index in [0.717, 1.165) is 0 Å². The van der Waals surface area contributed by atoms with Crippen molar-refractivity contribution in [3.05, 3.63) is 30.3 Å². The van der Waals surface area contributed by atoms with Gasteiger partial charge in [-0.05, 0) is 12.1 Å². The Bertz CT molecular complexity index is 544. The van der Waals surface area contributed by atoms with Gasteiger partial charge >= 0.3 is 12.1 Å². The number of nitrogens with zero attached hydrogens (tertiary/aromatic N) is 1. The Balaban J connectivity index is 2.93. The first-order chi connectivity index (χ1) is 8.33. The molecule has 4 amide bonds. The number of hydrogen-bond acceptors (Lipinski definition) is 4. The highest BCUT2D eigenvalue weighted by atomic mass is 32.2. The third-order valence-electron chi connectivity index (χ3n) is 1.71. The molecule has 18 heavy (non-hydrogen) atoms. The number of rotatable bonds is 3. The molecular weight excluding hydrogens is 262 g/mol. The van der Waals surface area contributed by atoms with Crippen LogP contribution in [-0.2, 0) is 10.0 Å². The lowest BCUT2D eigenvalue weighted by Gasteiger charge is -2.20. The van der Waals surface area contributed by atoms with E-state index < -0.39 is 22.1 Å². The van der Waals surface area contributed by atoms with Gasteiger partial charge in [0.15, 0.2) is 0 Å². The zero-order chi connectivity index (χ0) is 13.8. The van der Waals surface area contributed by atoms with E-state index in [4.69, 9.17) is 11.5 Å². The molecule has 1 rings (SSSR count). The van der Waals surface area contributed by atoms with Crippen LogP contribution < -0.4 is 21.7 Å². The second-order valence-electron chi connectivity index (χ2n) is 3.06. The van der Waals surface area contributed by atoms with Crippen molar-refractivity contribution in [3.63, 3.8) is 0 Å². The third kappa shape index (κ3) is 3.61. The molecule has 1 aromatic carbocycles. The third-order valence-corrected chi connectivity index (χ3v) is 3.02. The molecule has 10 heteroatoms. The maximum absolute atomic E-state index is 11.8. The summed E-state index contributed by atoms with van der Waals surface area (Å²) in [5.41, 5.74) is 11.3. The Labute approximate surface area is 103 Å². The summed E-state index contributed by atoms with van der Waals surface area (Å²) in [6, 6.07) is 4.80. The minimum absolute atomic E-state index is 0.109. The quantitative estimate of drug-likeness (QED) is 0.514. The van der Waals surface area contributed by atoms with Gasteiger partial charge in [-0.2, -0.15) is 0 Å². The van der Waals surface area contributed by atoms with Crippen LogP contribution in [0.5, 0.6) is 0 Å². The molecule has 0 aliphatic heterocycles. The number of carbonyl (C=O) groups excluding carboxylic acids is 2. The number of benzene rings is 1. The van der Waals surface area contributed by atoms with E-state index in [1.807, 2.05) is 0 Å². The van der Waals surface area contributed by atoms with Crippen LogP contribution in [0, 0.1) is 0 Å². The van der Waals surface area contributed by atoms with E-state index in [2.05, 4.69) is 0 Å². The number of nitrogens with two attached hydrogens (primary N) is 2. The van der Waals surface area contributed by atoms with Gasteiger partial charge in [0, 0.05) is 0 Å². The highest BCUT2D eigenvalue weighted by molar-refractivity contribution is 7.89. The Kier molecular flexibility index (Phi) is 4.07. The van der Waals surface area contributed by atoms with E-state index in [-0.39, 0.29) is 10.0 Å². The molecular formula is C8H11N5O4S. The van der Waals surface area contributed by atoms with E-state index in [1.54, 1.807) is 16.3 Å². The number of carbonyl (C=O) groups is 2. The van der Waals surface area contributed by atoms with E-state index >= 15 is 0 Å². The average molecular weight is 273 g/mol. The molecule has 0 spiro atoms. The number of hydrogen-bond donors (Lipinski definition) is 4. The summed E-state index contributed by atoms with van der Waals surface area (Å²) in [4.78, 5) is 23.1. The molecule has 0 heterocycles. The van der Waals surface area contributed by atoms with Crippen molar-refractivity contribution < 1.29 is 18.0 Å². The Hall–Kier alpha value is -2.33. The van der Waals surface area contributed by atoms with Gasteiger partial charge in [-0.25, -0.2) is 23.4 Å². The van der Waals surface area contributed by atoms with Crippen LogP contribution in [0.15, 0.2) is 35.2 Å². The number of hydrazine groups is 2. The highest BCUT2D eigenvalue weighted by Gasteiger charge is 2.21. The molecule has 0 atom stereocenters. The van der Waals surface area contributed by atoms with Gasteiger partial charge in [0.1, 0.15) is 0 Å². The fraction of sp³-hybridized carbons (Fsp3) is 0. The Morgan fingerprint density at radius 2 is 1.67 bits per heavy atom. The van der Waals surface area contributed by atoms with Gasteiger partial charge in [-0.1, -0.05) is 23.0 Å². The zero-order valence-corrected chi connectivity index (χ0v) is 9.85. The largest absolute Gasteiger partial charge is 0.350 e. The number of nitrogens with one attached hydrogen (secondary N) is 2. The number of sulfonamides is 1. The van der Waals surface area contributed by atoms with Crippen molar-refractivity contribution in [2.75, 3.05) is 0 Å². The first-order valence-corrected chi connectivity index (χ1v) is 6.04. The molecule has 6 N–H and O–H groups in total. The molecule has 0 aliphatic rings. The molecule has 0 aliphatic carbocycles. The van der Waals surface area contributed by atoms with Crippen molar-refractivity contribution in [1.29, 1.82) is 0 Å².